The van der Waals surface area contributed by atoms with E-state index in [-0.39, 0.29) is 47.9 Å². The third-order valence-electron chi connectivity index (χ3n) is 4.76. The number of amides is 1. The summed E-state index contributed by atoms with van der Waals surface area (Å²) in [5.74, 6) is -0.810. The number of nitrogens with one attached hydrogen (secondary N) is 1. The minimum Gasteiger partial charge on any atom is -0.473 e. The molecule has 0 aliphatic heterocycles. The van der Waals surface area contributed by atoms with Crippen LogP contribution in [0.2, 0.25) is 0 Å². The molecule has 0 bridgehead atoms. The number of aryl methyl sites for hydroxylation is 1. The Kier molecular flexibility index (Phi) is 7.82. The highest BCUT2D eigenvalue weighted by molar-refractivity contribution is 5.94. The summed E-state index contributed by atoms with van der Waals surface area (Å²) in [6.07, 6.45) is 1.45. The van der Waals surface area contributed by atoms with Crippen molar-refractivity contribution in [3.05, 3.63) is 59.2 Å². The van der Waals surface area contributed by atoms with E-state index in [1.54, 1.807) is 12.1 Å². The Morgan fingerprint density at radius 3 is 2.62 bits per heavy atom. The molecule has 1 unspecified atom stereocenters. The van der Waals surface area contributed by atoms with E-state index >= 15 is 0 Å². The van der Waals surface area contributed by atoms with Gasteiger partial charge < -0.3 is 19.7 Å². The summed E-state index contributed by atoms with van der Waals surface area (Å²) < 4.78 is 37.2. The number of pyridine rings is 2. The third kappa shape index (κ3) is 5.64. The quantitative estimate of drug-likeness (QED) is 0.487. The monoisotopic (exact) mass is 446 g/mol. The van der Waals surface area contributed by atoms with Gasteiger partial charge in [-0.2, -0.15) is 0 Å². The maximum atomic E-state index is 13.4. The van der Waals surface area contributed by atoms with Gasteiger partial charge in [-0.05, 0) is 31.5 Å². The number of carbonyl (C=O) groups is 1. The molecule has 0 radical (unpaired) electrons. The van der Waals surface area contributed by atoms with Gasteiger partial charge >= 0.3 is 0 Å². The molecule has 3 aromatic rings. The molecule has 1 amide bonds. The van der Waals surface area contributed by atoms with Gasteiger partial charge in [-0.3, -0.25) is 9.78 Å². The fourth-order valence-corrected chi connectivity index (χ4v) is 3.04. The van der Waals surface area contributed by atoms with Crippen molar-refractivity contribution in [1.82, 2.24) is 20.4 Å². The molecule has 3 rings (SSSR count). The number of rotatable bonds is 10. The number of ether oxygens (including phenoxy) is 1. The van der Waals surface area contributed by atoms with Crippen molar-refractivity contribution in [3.63, 3.8) is 0 Å². The first kappa shape index (κ1) is 23.3. The summed E-state index contributed by atoms with van der Waals surface area (Å²) in [6, 6.07) is 6.09. The molecule has 0 spiro atoms. The second-order valence-electron chi connectivity index (χ2n) is 7.18. The third-order valence-corrected chi connectivity index (χ3v) is 4.76. The van der Waals surface area contributed by atoms with Crippen molar-refractivity contribution in [2.45, 2.75) is 45.8 Å². The van der Waals surface area contributed by atoms with E-state index in [1.807, 2.05) is 13.8 Å². The summed E-state index contributed by atoms with van der Waals surface area (Å²) in [4.78, 5) is 20.5. The number of hydrogen-bond donors (Lipinski definition) is 2. The highest BCUT2D eigenvalue weighted by Gasteiger charge is 2.25. The van der Waals surface area contributed by atoms with Gasteiger partial charge in [-0.15, -0.1) is 0 Å². The summed E-state index contributed by atoms with van der Waals surface area (Å²) in [5.41, 5.74) is 1.90. The van der Waals surface area contributed by atoms with Crippen LogP contribution in [0.4, 0.5) is 8.78 Å². The lowest BCUT2D eigenvalue weighted by molar-refractivity contribution is 0.0912. The van der Waals surface area contributed by atoms with Gasteiger partial charge in [0.25, 0.3) is 12.3 Å². The molecule has 0 aliphatic rings. The minimum absolute atomic E-state index is 0.0969. The first-order chi connectivity index (χ1) is 15.4. The number of aromatic nitrogens is 3. The standard InChI is InChI=1S/C22H24F2N4O4/c1-3-4-16(11-29)27-22(30)15-7-8-18(26-10-15)31-12-17-19(28-32-20(17)21(23)24)14-6-5-13(2)25-9-14/h5-10,16,21,29H,3-4,11-12H2,1-2H3,(H,27,30). The lowest BCUT2D eigenvalue weighted by Gasteiger charge is -2.15. The van der Waals surface area contributed by atoms with Gasteiger partial charge in [0.05, 0.1) is 23.8 Å². The number of aliphatic hydroxyl groups excluding tert-OH is 1. The highest BCUT2D eigenvalue weighted by atomic mass is 19.3. The Bertz CT molecular complexity index is 1020. The van der Waals surface area contributed by atoms with Gasteiger partial charge in [0, 0.05) is 29.7 Å². The van der Waals surface area contributed by atoms with Crippen molar-refractivity contribution >= 4 is 5.91 Å². The van der Waals surface area contributed by atoms with E-state index in [0.29, 0.717) is 12.0 Å². The molecule has 0 aliphatic carbocycles. The Labute approximate surface area is 183 Å². The summed E-state index contributed by atoms with van der Waals surface area (Å²) in [6.45, 7) is 3.36. The van der Waals surface area contributed by atoms with Gasteiger partial charge in [0.1, 0.15) is 12.3 Å². The topological polar surface area (TPSA) is 110 Å². The zero-order valence-corrected chi connectivity index (χ0v) is 17.7. The first-order valence-electron chi connectivity index (χ1n) is 10.1. The molecule has 3 heterocycles. The van der Waals surface area contributed by atoms with Crippen LogP contribution in [0.25, 0.3) is 11.3 Å². The van der Waals surface area contributed by atoms with Crippen LogP contribution < -0.4 is 10.1 Å². The molecule has 0 fully saturated rings. The number of aliphatic hydroxyl groups is 1. The maximum absolute atomic E-state index is 13.4. The van der Waals surface area contributed by atoms with Crippen LogP contribution in [0.1, 0.15) is 53.6 Å². The Balaban J connectivity index is 1.72. The van der Waals surface area contributed by atoms with Crippen LogP contribution in [0.5, 0.6) is 5.88 Å². The molecule has 0 saturated heterocycles. The average molecular weight is 446 g/mol. The second kappa shape index (κ2) is 10.8. The van der Waals surface area contributed by atoms with Crippen LogP contribution in [0, 0.1) is 6.92 Å². The fraction of sp³-hybridized carbons (Fsp3) is 0.364. The van der Waals surface area contributed by atoms with Crippen molar-refractivity contribution in [1.29, 1.82) is 0 Å². The molecular formula is C22H24F2N4O4. The van der Waals surface area contributed by atoms with Crippen LogP contribution >= 0.6 is 0 Å². The van der Waals surface area contributed by atoms with Gasteiger partial charge in [-0.1, -0.05) is 18.5 Å². The molecule has 32 heavy (non-hydrogen) atoms. The minimum atomic E-state index is -2.87. The Morgan fingerprint density at radius 2 is 2.03 bits per heavy atom. The van der Waals surface area contributed by atoms with Crippen LogP contribution in [-0.2, 0) is 6.61 Å². The molecule has 0 saturated carbocycles. The van der Waals surface area contributed by atoms with Gasteiger partial charge in [0.15, 0.2) is 0 Å². The zero-order chi connectivity index (χ0) is 23.1. The number of hydrogen-bond acceptors (Lipinski definition) is 7. The van der Waals surface area contributed by atoms with Crippen LogP contribution in [-0.4, -0.2) is 38.8 Å². The lowest BCUT2D eigenvalue weighted by Crippen LogP contribution is -2.37. The lowest BCUT2D eigenvalue weighted by atomic mass is 10.1. The van der Waals surface area contributed by atoms with E-state index in [2.05, 4.69) is 20.4 Å². The molecular weight excluding hydrogens is 422 g/mol. The fourth-order valence-electron chi connectivity index (χ4n) is 3.04. The van der Waals surface area contributed by atoms with Crippen molar-refractivity contribution in [2.24, 2.45) is 0 Å². The van der Waals surface area contributed by atoms with E-state index < -0.39 is 12.2 Å². The van der Waals surface area contributed by atoms with E-state index in [9.17, 15) is 18.7 Å². The number of alkyl halides is 2. The highest BCUT2D eigenvalue weighted by Crippen LogP contribution is 2.32. The largest absolute Gasteiger partial charge is 0.473 e. The van der Waals surface area contributed by atoms with Crippen molar-refractivity contribution < 1.29 is 27.9 Å². The Morgan fingerprint density at radius 1 is 1.22 bits per heavy atom. The first-order valence-corrected chi connectivity index (χ1v) is 10.1. The molecule has 3 aromatic heterocycles. The molecule has 170 valence electrons. The van der Waals surface area contributed by atoms with E-state index in [0.717, 1.165) is 12.1 Å². The van der Waals surface area contributed by atoms with Crippen LogP contribution in [0.3, 0.4) is 0 Å². The predicted octanol–water partition coefficient (Wildman–Crippen LogP) is 3.85. The SMILES string of the molecule is CCCC(CO)NC(=O)c1ccc(OCc2c(-c3ccc(C)nc3)noc2C(F)F)nc1. The Hall–Kier alpha value is -3.40. The van der Waals surface area contributed by atoms with E-state index in [4.69, 9.17) is 9.26 Å². The summed E-state index contributed by atoms with van der Waals surface area (Å²) >= 11 is 0. The van der Waals surface area contributed by atoms with Crippen molar-refractivity contribution in [3.8, 4) is 17.1 Å². The van der Waals surface area contributed by atoms with Crippen LogP contribution in [0.15, 0.2) is 41.2 Å². The summed E-state index contributed by atoms with van der Waals surface area (Å²) in [7, 11) is 0. The number of halogens is 2. The molecule has 8 nitrogen and oxygen atoms in total. The number of nitrogens with zero attached hydrogens (tertiary/aromatic N) is 3. The molecule has 0 aromatic carbocycles. The second-order valence-corrected chi connectivity index (χ2v) is 7.18. The predicted molar refractivity (Wildman–Crippen MR) is 111 cm³/mol. The summed E-state index contributed by atoms with van der Waals surface area (Å²) in [5, 5.41) is 15.8. The zero-order valence-electron chi connectivity index (χ0n) is 17.7. The molecule has 1 atom stereocenters. The normalized spacial score (nSPS) is 12.1. The number of carbonyl (C=O) groups excluding carboxylic acids is 1. The van der Waals surface area contributed by atoms with Gasteiger partial charge in [-0.25, -0.2) is 13.8 Å². The van der Waals surface area contributed by atoms with Gasteiger partial charge in [0.2, 0.25) is 11.6 Å². The molecule has 10 heteroatoms. The average Bonchev–Trinajstić information content (AvgIpc) is 3.22. The molecule has 2 N–H and O–H groups in total. The van der Waals surface area contributed by atoms with E-state index in [1.165, 1.54) is 24.5 Å². The maximum Gasteiger partial charge on any atom is 0.298 e. The van der Waals surface area contributed by atoms with Crippen molar-refractivity contribution in [2.75, 3.05) is 6.61 Å². The smallest absolute Gasteiger partial charge is 0.298 e.